The predicted octanol–water partition coefficient (Wildman–Crippen LogP) is 2.47. The summed E-state index contributed by atoms with van der Waals surface area (Å²) in [4.78, 5) is 25.7. The molecule has 1 fully saturated rings. The van der Waals surface area contributed by atoms with Crippen molar-refractivity contribution in [3.05, 3.63) is 34.9 Å². The van der Waals surface area contributed by atoms with Gasteiger partial charge in [0.2, 0.25) is 5.91 Å². The van der Waals surface area contributed by atoms with Gasteiger partial charge in [0.25, 0.3) is 0 Å². The fraction of sp³-hybridized carbons (Fsp3) is 0.467. The van der Waals surface area contributed by atoms with E-state index in [9.17, 15) is 9.59 Å². The van der Waals surface area contributed by atoms with Crippen molar-refractivity contribution >= 4 is 23.5 Å². The second-order valence-electron chi connectivity index (χ2n) is 5.07. The number of benzene rings is 1. The van der Waals surface area contributed by atoms with E-state index in [0.717, 1.165) is 5.56 Å². The van der Waals surface area contributed by atoms with E-state index in [1.807, 2.05) is 19.1 Å². The van der Waals surface area contributed by atoms with Gasteiger partial charge < -0.3 is 9.64 Å². The fourth-order valence-corrected chi connectivity index (χ4v) is 2.71. The van der Waals surface area contributed by atoms with Gasteiger partial charge in [0.15, 0.2) is 0 Å². The van der Waals surface area contributed by atoms with E-state index < -0.39 is 0 Å². The standard InChI is InChI=1S/C15H18ClNO3/c1-10(11-4-3-5-13(16)8-11)14(18)17-7-6-12(9-17)15(19)20-2/h3-5,8,10,12H,6-7,9H2,1-2H3/t10-,12-/m0/s1. The first-order valence-corrected chi connectivity index (χ1v) is 7.02. The third kappa shape index (κ3) is 3.12. The van der Waals surface area contributed by atoms with Crippen molar-refractivity contribution in [3.8, 4) is 0 Å². The Morgan fingerprint density at radius 1 is 1.45 bits per heavy atom. The molecule has 1 aliphatic rings. The Kier molecular flexibility index (Phi) is 4.65. The highest BCUT2D eigenvalue weighted by molar-refractivity contribution is 6.30. The second-order valence-corrected chi connectivity index (χ2v) is 5.51. The Labute approximate surface area is 123 Å². The van der Waals surface area contributed by atoms with E-state index >= 15 is 0 Å². The summed E-state index contributed by atoms with van der Waals surface area (Å²) in [6.45, 7) is 2.90. The van der Waals surface area contributed by atoms with Gasteiger partial charge in [0.1, 0.15) is 0 Å². The Bertz CT molecular complexity index is 518. The number of carbonyl (C=O) groups excluding carboxylic acids is 2. The van der Waals surface area contributed by atoms with Crippen LogP contribution in [0.2, 0.25) is 5.02 Å². The summed E-state index contributed by atoms with van der Waals surface area (Å²) < 4.78 is 4.73. The van der Waals surface area contributed by atoms with Crippen LogP contribution >= 0.6 is 11.6 Å². The molecular formula is C15H18ClNO3. The molecule has 1 aromatic rings. The smallest absolute Gasteiger partial charge is 0.310 e. The molecule has 1 saturated heterocycles. The molecule has 0 N–H and O–H groups in total. The van der Waals surface area contributed by atoms with E-state index in [-0.39, 0.29) is 23.7 Å². The first kappa shape index (κ1) is 14.9. The first-order valence-electron chi connectivity index (χ1n) is 6.65. The molecule has 4 nitrogen and oxygen atoms in total. The number of esters is 1. The summed E-state index contributed by atoms with van der Waals surface area (Å²) in [6.07, 6.45) is 0.667. The lowest BCUT2D eigenvalue weighted by Gasteiger charge is -2.21. The molecule has 0 aliphatic carbocycles. The van der Waals surface area contributed by atoms with Crippen molar-refractivity contribution < 1.29 is 14.3 Å². The quantitative estimate of drug-likeness (QED) is 0.805. The van der Waals surface area contributed by atoms with Crippen LogP contribution in [0.25, 0.3) is 0 Å². The summed E-state index contributed by atoms with van der Waals surface area (Å²) in [5, 5.41) is 0.621. The van der Waals surface area contributed by atoms with Gasteiger partial charge in [0, 0.05) is 18.1 Å². The maximum Gasteiger partial charge on any atom is 0.310 e. The zero-order chi connectivity index (χ0) is 14.7. The number of likely N-dealkylation sites (tertiary alicyclic amines) is 1. The lowest BCUT2D eigenvalue weighted by Crippen LogP contribution is -2.33. The Hall–Kier alpha value is -1.55. The molecule has 0 radical (unpaired) electrons. The molecule has 2 atom stereocenters. The average Bonchev–Trinajstić information content (AvgIpc) is 2.94. The second kappa shape index (κ2) is 6.27. The van der Waals surface area contributed by atoms with Gasteiger partial charge in [-0.05, 0) is 31.0 Å². The van der Waals surface area contributed by atoms with Crippen LogP contribution in [0.1, 0.15) is 24.8 Å². The van der Waals surface area contributed by atoms with E-state index in [4.69, 9.17) is 16.3 Å². The number of amides is 1. The highest BCUT2D eigenvalue weighted by Gasteiger charge is 2.33. The molecule has 5 heteroatoms. The van der Waals surface area contributed by atoms with Crippen molar-refractivity contribution in [2.45, 2.75) is 19.3 Å². The molecule has 1 amide bonds. The van der Waals surface area contributed by atoms with Crippen molar-refractivity contribution in [2.24, 2.45) is 5.92 Å². The van der Waals surface area contributed by atoms with Crippen LogP contribution in [0, 0.1) is 5.92 Å². The third-order valence-electron chi connectivity index (χ3n) is 3.75. The van der Waals surface area contributed by atoms with Gasteiger partial charge in [-0.2, -0.15) is 0 Å². The van der Waals surface area contributed by atoms with Gasteiger partial charge in [0.05, 0.1) is 18.9 Å². The maximum atomic E-state index is 12.4. The summed E-state index contributed by atoms with van der Waals surface area (Å²) in [7, 11) is 1.38. The van der Waals surface area contributed by atoms with E-state index in [1.165, 1.54) is 7.11 Å². The maximum absolute atomic E-state index is 12.4. The minimum Gasteiger partial charge on any atom is -0.469 e. The molecule has 0 aromatic heterocycles. The molecule has 1 aliphatic heterocycles. The number of hydrogen-bond acceptors (Lipinski definition) is 3. The number of methoxy groups -OCH3 is 1. The molecule has 1 heterocycles. The fourth-order valence-electron chi connectivity index (χ4n) is 2.51. The minimum atomic E-state index is -0.259. The van der Waals surface area contributed by atoms with Gasteiger partial charge >= 0.3 is 5.97 Å². The first-order chi connectivity index (χ1) is 9.52. The summed E-state index contributed by atoms with van der Waals surface area (Å²) in [6, 6.07) is 7.31. The number of carbonyl (C=O) groups is 2. The van der Waals surface area contributed by atoms with Crippen molar-refractivity contribution in [2.75, 3.05) is 20.2 Å². The average molecular weight is 296 g/mol. The SMILES string of the molecule is COC(=O)[C@H]1CCN(C(=O)[C@@H](C)c2cccc(Cl)c2)C1. The molecule has 0 saturated carbocycles. The number of nitrogens with zero attached hydrogens (tertiary/aromatic N) is 1. The highest BCUT2D eigenvalue weighted by Crippen LogP contribution is 2.25. The van der Waals surface area contributed by atoms with Crippen molar-refractivity contribution in [3.63, 3.8) is 0 Å². The summed E-state index contributed by atoms with van der Waals surface area (Å²) >= 11 is 5.95. The van der Waals surface area contributed by atoms with Crippen LogP contribution in [-0.4, -0.2) is 37.0 Å². The van der Waals surface area contributed by atoms with Gasteiger partial charge in [-0.25, -0.2) is 0 Å². The van der Waals surface area contributed by atoms with Gasteiger partial charge in [-0.15, -0.1) is 0 Å². The van der Waals surface area contributed by atoms with Crippen LogP contribution in [0.5, 0.6) is 0 Å². The van der Waals surface area contributed by atoms with Crippen LogP contribution in [-0.2, 0) is 14.3 Å². The Morgan fingerprint density at radius 3 is 2.85 bits per heavy atom. The zero-order valence-electron chi connectivity index (χ0n) is 11.6. The molecule has 0 spiro atoms. The number of rotatable bonds is 3. The van der Waals surface area contributed by atoms with E-state index in [2.05, 4.69) is 0 Å². The normalized spacial score (nSPS) is 19.8. The van der Waals surface area contributed by atoms with E-state index in [1.54, 1.807) is 17.0 Å². The molecule has 0 bridgehead atoms. The lowest BCUT2D eigenvalue weighted by molar-refractivity contribution is -0.145. The van der Waals surface area contributed by atoms with Crippen LogP contribution in [0.4, 0.5) is 0 Å². The number of ether oxygens (including phenoxy) is 1. The van der Waals surface area contributed by atoms with Crippen molar-refractivity contribution in [1.29, 1.82) is 0 Å². The monoisotopic (exact) mass is 295 g/mol. The Morgan fingerprint density at radius 2 is 2.20 bits per heavy atom. The van der Waals surface area contributed by atoms with Crippen LogP contribution in [0.3, 0.4) is 0 Å². The summed E-state index contributed by atoms with van der Waals surface area (Å²) in [5.74, 6) is -0.671. The zero-order valence-corrected chi connectivity index (χ0v) is 12.4. The molecule has 108 valence electrons. The van der Waals surface area contributed by atoms with E-state index in [0.29, 0.717) is 24.5 Å². The lowest BCUT2D eigenvalue weighted by atomic mass is 10.00. The van der Waals surface area contributed by atoms with Crippen LogP contribution in [0.15, 0.2) is 24.3 Å². The number of hydrogen-bond donors (Lipinski definition) is 0. The van der Waals surface area contributed by atoms with Crippen LogP contribution < -0.4 is 0 Å². The largest absolute Gasteiger partial charge is 0.469 e. The van der Waals surface area contributed by atoms with Crippen molar-refractivity contribution in [1.82, 2.24) is 4.90 Å². The highest BCUT2D eigenvalue weighted by atomic mass is 35.5. The molecule has 1 aromatic carbocycles. The van der Waals surface area contributed by atoms with Gasteiger partial charge in [-0.1, -0.05) is 23.7 Å². The molecular weight excluding hydrogens is 278 g/mol. The molecule has 2 rings (SSSR count). The molecule has 20 heavy (non-hydrogen) atoms. The summed E-state index contributed by atoms with van der Waals surface area (Å²) in [5.41, 5.74) is 0.893. The number of halogens is 1. The molecule has 0 unspecified atom stereocenters. The minimum absolute atomic E-state index is 0.0265. The third-order valence-corrected chi connectivity index (χ3v) is 3.99. The topological polar surface area (TPSA) is 46.6 Å². The predicted molar refractivity (Wildman–Crippen MR) is 76.6 cm³/mol. The Balaban J connectivity index is 2.03. The van der Waals surface area contributed by atoms with Gasteiger partial charge in [-0.3, -0.25) is 9.59 Å².